The SMILES string of the molecule is CCOc1cc(C(=O)O)ccc1OCc1ccncc1. The van der Waals surface area contributed by atoms with Gasteiger partial charge in [-0.2, -0.15) is 0 Å². The number of benzene rings is 1. The van der Waals surface area contributed by atoms with E-state index in [1.165, 1.54) is 12.1 Å². The zero-order valence-electron chi connectivity index (χ0n) is 11.1. The number of aromatic carboxylic acids is 1. The molecule has 0 atom stereocenters. The van der Waals surface area contributed by atoms with Gasteiger partial charge in [-0.15, -0.1) is 0 Å². The summed E-state index contributed by atoms with van der Waals surface area (Å²) in [5.74, 6) is -0.0400. The summed E-state index contributed by atoms with van der Waals surface area (Å²) in [4.78, 5) is 14.9. The molecule has 20 heavy (non-hydrogen) atoms. The van der Waals surface area contributed by atoms with Crippen LogP contribution in [-0.2, 0) is 6.61 Å². The lowest BCUT2D eigenvalue weighted by molar-refractivity contribution is 0.0696. The highest BCUT2D eigenvalue weighted by Gasteiger charge is 2.10. The molecule has 5 nitrogen and oxygen atoms in total. The van der Waals surface area contributed by atoms with Crippen LogP contribution in [0.25, 0.3) is 0 Å². The summed E-state index contributed by atoms with van der Waals surface area (Å²) in [6.07, 6.45) is 3.38. The lowest BCUT2D eigenvalue weighted by Crippen LogP contribution is -2.02. The molecule has 1 heterocycles. The molecule has 0 radical (unpaired) electrons. The molecule has 0 unspecified atom stereocenters. The molecule has 0 aliphatic carbocycles. The minimum atomic E-state index is -0.994. The van der Waals surface area contributed by atoms with E-state index < -0.39 is 5.97 Å². The molecule has 1 N–H and O–H groups in total. The third-order valence-corrected chi connectivity index (χ3v) is 2.63. The van der Waals surface area contributed by atoms with Crippen LogP contribution in [-0.4, -0.2) is 22.7 Å². The van der Waals surface area contributed by atoms with Gasteiger partial charge in [0.15, 0.2) is 11.5 Å². The lowest BCUT2D eigenvalue weighted by atomic mass is 10.2. The van der Waals surface area contributed by atoms with E-state index in [0.29, 0.717) is 24.7 Å². The molecular formula is C15H15NO4. The number of hydrogen-bond acceptors (Lipinski definition) is 4. The van der Waals surface area contributed by atoms with Gasteiger partial charge < -0.3 is 14.6 Å². The second kappa shape index (κ2) is 6.56. The van der Waals surface area contributed by atoms with Crippen molar-refractivity contribution in [3.05, 3.63) is 53.9 Å². The number of ether oxygens (including phenoxy) is 2. The van der Waals surface area contributed by atoms with Crippen LogP contribution in [0.4, 0.5) is 0 Å². The molecule has 1 aromatic heterocycles. The van der Waals surface area contributed by atoms with E-state index in [0.717, 1.165) is 5.56 Å². The van der Waals surface area contributed by atoms with E-state index in [1.807, 2.05) is 19.1 Å². The Morgan fingerprint density at radius 3 is 2.55 bits per heavy atom. The molecule has 0 aliphatic heterocycles. The van der Waals surface area contributed by atoms with Gasteiger partial charge in [0.1, 0.15) is 6.61 Å². The Balaban J connectivity index is 2.16. The molecule has 5 heteroatoms. The monoisotopic (exact) mass is 273 g/mol. The standard InChI is InChI=1S/C15H15NO4/c1-2-19-14-9-12(15(17)18)3-4-13(14)20-10-11-5-7-16-8-6-11/h3-9H,2,10H2,1H3,(H,17,18). The molecule has 0 spiro atoms. The molecule has 2 rings (SSSR count). The van der Waals surface area contributed by atoms with Gasteiger partial charge in [0.05, 0.1) is 12.2 Å². The first-order valence-electron chi connectivity index (χ1n) is 6.22. The van der Waals surface area contributed by atoms with Crippen molar-refractivity contribution < 1.29 is 19.4 Å². The van der Waals surface area contributed by atoms with Crippen molar-refractivity contribution in [1.29, 1.82) is 0 Å². The zero-order valence-corrected chi connectivity index (χ0v) is 11.1. The number of pyridine rings is 1. The molecule has 104 valence electrons. The summed E-state index contributed by atoms with van der Waals surface area (Å²) in [6.45, 7) is 2.64. The number of aromatic nitrogens is 1. The fourth-order valence-electron chi connectivity index (χ4n) is 1.67. The van der Waals surface area contributed by atoms with Crippen LogP contribution in [0.3, 0.4) is 0 Å². The maximum atomic E-state index is 10.9. The molecule has 0 saturated carbocycles. The number of rotatable bonds is 6. The van der Waals surface area contributed by atoms with E-state index in [4.69, 9.17) is 14.6 Å². The number of carboxylic acids is 1. The van der Waals surface area contributed by atoms with Crippen molar-refractivity contribution in [1.82, 2.24) is 4.98 Å². The van der Waals surface area contributed by atoms with Crippen molar-refractivity contribution in [3.8, 4) is 11.5 Å². The van der Waals surface area contributed by atoms with Gasteiger partial charge in [-0.1, -0.05) is 0 Å². The third-order valence-electron chi connectivity index (χ3n) is 2.63. The van der Waals surface area contributed by atoms with Gasteiger partial charge in [-0.05, 0) is 42.8 Å². The topological polar surface area (TPSA) is 68.7 Å². The van der Waals surface area contributed by atoms with Crippen LogP contribution in [0.15, 0.2) is 42.7 Å². The summed E-state index contributed by atoms with van der Waals surface area (Å²) in [5.41, 5.74) is 1.15. The molecular weight excluding hydrogens is 258 g/mol. The smallest absolute Gasteiger partial charge is 0.335 e. The average molecular weight is 273 g/mol. The number of carboxylic acid groups (broad SMARTS) is 1. The molecule has 0 amide bonds. The fraction of sp³-hybridized carbons (Fsp3) is 0.200. The maximum Gasteiger partial charge on any atom is 0.335 e. The van der Waals surface area contributed by atoms with Gasteiger partial charge in [0, 0.05) is 12.4 Å². The summed E-state index contributed by atoms with van der Waals surface area (Å²) in [5, 5.41) is 8.97. The number of carbonyl (C=O) groups is 1. The van der Waals surface area contributed by atoms with Gasteiger partial charge in [-0.3, -0.25) is 4.98 Å². The van der Waals surface area contributed by atoms with Gasteiger partial charge in [0.2, 0.25) is 0 Å². The van der Waals surface area contributed by atoms with Gasteiger partial charge in [0.25, 0.3) is 0 Å². The average Bonchev–Trinajstić information content (AvgIpc) is 2.47. The molecule has 0 aliphatic rings. The normalized spacial score (nSPS) is 10.1. The summed E-state index contributed by atoms with van der Waals surface area (Å²) < 4.78 is 11.1. The minimum absolute atomic E-state index is 0.171. The third kappa shape index (κ3) is 3.47. The van der Waals surface area contributed by atoms with E-state index in [1.54, 1.807) is 18.5 Å². The van der Waals surface area contributed by atoms with Crippen molar-refractivity contribution in [2.24, 2.45) is 0 Å². The van der Waals surface area contributed by atoms with E-state index >= 15 is 0 Å². The van der Waals surface area contributed by atoms with Crippen LogP contribution >= 0.6 is 0 Å². The first-order chi connectivity index (χ1) is 9.70. The first-order valence-corrected chi connectivity index (χ1v) is 6.22. The molecule has 0 fully saturated rings. The van der Waals surface area contributed by atoms with Gasteiger partial charge >= 0.3 is 5.97 Å². The summed E-state index contributed by atoms with van der Waals surface area (Å²) in [7, 11) is 0. The predicted molar refractivity (Wildman–Crippen MR) is 73.1 cm³/mol. The van der Waals surface area contributed by atoms with Gasteiger partial charge in [-0.25, -0.2) is 4.79 Å². The van der Waals surface area contributed by atoms with Crippen molar-refractivity contribution in [2.75, 3.05) is 6.61 Å². The Hall–Kier alpha value is -2.56. The van der Waals surface area contributed by atoms with Crippen molar-refractivity contribution >= 4 is 5.97 Å². The second-order valence-corrected chi connectivity index (χ2v) is 4.04. The Labute approximate surface area is 116 Å². The summed E-state index contributed by atoms with van der Waals surface area (Å²) in [6, 6.07) is 8.27. The molecule has 1 aromatic carbocycles. The lowest BCUT2D eigenvalue weighted by Gasteiger charge is -2.12. The Kier molecular flexibility index (Phi) is 4.55. The highest BCUT2D eigenvalue weighted by molar-refractivity contribution is 5.88. The van der Waals surface area contributed by atoms with Crippen LogP contribution < -0.4 is 9.47 Å². The van der Waals surface area contributed by atoms with E-state index in [2.05, 4.69) is 4.98 Å². The van der Waals surface area contributed by atoms with Crippen LogP contribution in [0.5, 0.6) is 11.5 Å². The second-order valence-electron chi connectivity index (χ2n) is 4.04. The predicted octanol–water partition coefficient (Wildman–Crippen LogP) is 2.76. The minimum Gasteiger partial charge on any atom is -0.490 e. The Morgan fingerprint density at radius 2 is 1.90 bits per heavy atom. The van der Waals surface area contributed by atoms with Crippen molar-refractivity contribution in [3.63, 3.8) is 0 Å². The summed E-state index contributed by atoms with van der Waals surface area (Å²) >= 11 is 0. The fourth-order valence-corrected chi connectivity index (χ4v) is 1.67. The number of hydrogen-bond donors (Lipinski definition) is 1. The quantitative estimate of drug-likeness (QED) is 0.876. The maximum absolute atomic E-state index is 10.9. The molecule has 0 saturated heterocycles. The number of nitrogens with zero attached hydrogens (tertiary/aromatic N) is 1. The largest absolute Gasteiger partial charge is 0.490 e. The van der Waals surface area contributed by atoms with E-state index in [9.17, 15) is 4.79 Å². The molecule has 0 bridgehead atoms. The Bertz CT molecular complexity index is 584. The highest BCUT2D eigenvalue weighted by atomic mass is 16.5. The van der Waals surface area contributed by atoms with Crippen LogP contribution in [0, 0.1) is 0 Å². The van der Waals surface area contributed by atoms with Crippen molar-refractivity contribution in [2.45, 2.75) is 13.5 Å². The Morgan fingerprint density at radius 1 is 1.15 bits per heavy atom. The molecule has 2 aromatic rings. The van der Waals surface area contributed by atoms with Crippen LogP contribution in [0.1, 0.15) is 22.8 Å². The van der Waals surface area contributed by atoms with Crippen LogP contribution in [0.2, 0.25) is 0 Å². The highest BCUT2D eigenvalue weighted by Crippen LogP contribution is 2.29. The zero-order chi connectivity index (χ0) is 14.4. The van der Waals surface area contributed by atoms with E-state index in [-0.39, 0.29) is 5.56 Å². The first kappa shape index (κ1) is 13.9.